The lowest BCUT2D eigenvalue weighted by molar-refractivity contribution is -0.129. The van der Waals surface area contributed by atoms with E-state index in [2.05, 4.69) is 0 Å². The summed E-state index contributed by atoms with van der Waals surface area (Å²) in [4.78, 5) is 11.3. The van der Waals surface area contributed by atoms with Crippen molar-refractivity contribution in [3.05, 3.63) is 29.8 Å². The molecule has 0 fully saturated rings. The van der Waals surface area contributed by atoms with Gasteiger partial charge < -0.3 is 0 Å². The average Bonchev–Trinajstić information content (AvgIpc) is 2.38. The van der Waals surface area contributed by atoms with Crippen LogP contribution in [0.3, 0.4) is 0 Å². The Kier molecular flexibility index (Phi) is 5.67. The second kappa shape index (κ2) is 6.83. The van der Waals surface area contributed by atoms with Gasteiger partial charge in [-0.1, -0.05) is 17.7 Å². The van der Waals surface area contributed by atoms with E-state index in [1.54, 1.807) is 38.1 Å². The van der Waals surface area contributed by atoms with E-state index < -0.39 is 15.9 Å². The predicted octanol–water partition coefficient (Wildman–Crippen LogP) is 1.29. The maximum atomic E-state index is 12.5. The minimum Gasteiger partial charge on any atom is -0.289 e. The zero-order valence-electron chi connectivity index (χ0n) is 11.8. The van der Waals surface area contributed by atoms with Crippen molar-refractivity contribution in [1.29, 1.82) is 0 Å². The first-order valence-corrected chi connectivity index (χ1v) is 7.74. The lowest BCUT2D eigenvalue weighted by Crippen LogP contribution is -2.39. The summed E-state index contributed by atoms with van der Waals surface area (Å²) in [5, 5.41) is 8.47. The number of sulfonamides is 1. The van der Waals surface area contributed by atoms with Crippen LogP contribution < -0.4 is 5.48 Å². The van der Waals surface area contributed by atoms with Crippen molar-refractivity contribution < 1.29 is 18.4 Å². The predicted molar refractivity (Wildman–Crippen MR) is 74.8 cm³/mol. The zero-order valence-corrected chi connectivity index (χ0v) is 12.6. The van der Waals surface area contributed by atoms with Gasteiger partial charge in [-0.15, -0.1) is 0 Å². The van der Waals surface area contributed by atoms with E-state index in [9.17, 15) is 13.2 Å². The first kappa shape index (κ1) is 16.6. The summed E-state index contributed by atoms with van der Waals surface area (Å²) in [6.07, 6.45) is -0.0974. The molecule has 20 heavy (non-hydrogen) atoms. The van der Waals surface area contributed by atoms with Crippen LogP contribution in [0.2, 0.25) is 0 Å². The van der Waals surface area contributed by atoms with Crippen LogP contribution in [0.4, 0.5) is 0 Å². The number of aryl methyl sites for hydroxylation is 1. The molecule has 1 rings (SSSR count). The highest BCUT2D eigenvalue weighted by Crippen LogP contribution is 2.19. The molecule has 0 radical (unpaired) electrons. The molecule has 0 aliphatic heterocycles. The average molecular weight is 300 g/mol. The van der Waals surface area contributed by atoms with Gasteiger partial charge in [0, 0.05) is 19.0 Å². The molecule has 0 unspecified atom stereocenters. The molecule has 112 valence electrons. The van der Waals surface area contributed by atoms with Crippen molar-refractivity contribution in [2.45, 2.75) is 38.1 Å². The molecule has 1 aromatic rings. The molecule has 0 aromatic heterocycles. The normalized spacial score (nSPS) is 11.9. The summed E-state index contributed by atoms with van der Waals surface area (Å²) in [5.41, 5.74) is 2.47. The highest BCUT2D eigenvalue weighted by molar-refractivity contribution is 7.89. The topological polar surface area (TPSA) is 86.7 Å². The Balaban J connectivity index is 3.00. The van der Waals surface area contributed by atoms with Crippen LogP contribution in [0.5, 0.6) is 0 Å². The minimum absolute atomic E-state index is 0.0142. The fraction of sp³-hybridized carbons (Fsp3) is 0.462. The van der Waals surface area contributed by atoms with Gasteiger partial charge in [-0.2, -0.15) is 4.31 Å². The molecule has 0 spiro atoms. The van der Waals surface area contributed by atoms with Gasteiger partial charge >= 0.3 is 0 Å². The van der Waals surface area contributed by atoms with E-state index in [0.29, 0.717) is 0 Å². The van der Waals surface area contributed by atoms with Crippen molar-refractivity contribution in [1.82, 2.24) is 9.79 Å². The number of carbonyl (C=O) groups is 1. The van der Waals surface area contributed by atoms with E-state index in [1.165, 1.54) is 9.79 Å². The summed E-state index contributed by atoms with van der Waals surface area (Å²) in [6.45, 7) is 5.37. The molecular weight excluding hydrogens is 280 g/mol. The van der Waals surface area contributed by atoms with Gasteiger partial charge in [-0.25, -0.2) is 13.9 Å². The summed E-state index contributed by atoms with van der Waals surface area (Å²) in [5.74, 6) is -0.616. The van der Waals surface area contributed by atoms with Gasteiger partial charge in [0.2, 0.25) is 15.9 Å². The molecule has 6 nitrogen and oxygen atoms in total. The number of amides is 1. The van der Waals surface area contributed by atoms with Crippen molar-refractivity contribution in [2.75, 3.05) is 6.54 Å². The number of nitrogens with one attached hydrogen (secondary N) is 1. The third kappa shape index (κ3) is 4.03. The second-order valence-corrected chi connectivity index (χ2v) is 6.70. The molecule has 0 heterocycles. The Morgan fingerprint density at radius 1 is 1.30 bits per heavy atom. The molecule has 0 aliphatic rings. The summed E-state index contributed by atoms with van der Waals surface area (Å²) >= 11 is 0. The molecule has 7 heteroatoms. The van der Waals surface area contributed by atoms with Gasteiger partial charge in [0.05, 0.1) is 4.90 Å². The number of rotatable bonds is 6. The fourth-order valence-electron chi connectivity index (χ4n) is 1.77. The Morgan fingerprint density at radius 3 is 2.30 bits per heavy atom. The third-order valence-corrected chi connectivity index (χ3v) is 4.98. The zero-order chi connectivity index (χ0) is 15.3. The SMILES string of the molecule is Cc1ccc(S(=O)(=O)N(CCC(=O)NO)C(C)C)cc1. The molecule has 2 N–H and O–H groups in total. The van der Waals surface area contributed by atoms with E-state index in [4.69, 9.17) is 5.21 Å². The molecular formula is C13H20N2O4S. The smallest absolute Gasteiger partial charge is 0.244 e. The van der Waals surface area contributed by atoms with Crippen LogP contribution in [-0.2, 0) is 14.8 Å². The molecule has 1 amide bonds. The Labute approximate surface area is 119 Å². The lowest BCUT2D eigenvalue weighted by atomic mass is 10.2. The first-order valence-electron chi connectivity index (χ1n) is 6.30. The Hall–Kier alpha value is -1.44. The number of carbonyl (C=O) groups excluding carboxylic acids is 1. The second-order valence-electron chi connectivity index (χ2n) is 4.81. The number of nitrogens with zero attached hydrogens (tertiary/aromatic N) is 1. The summed E-state index contributed by atoms with van der Waals surface area (Å²) < 4.78 is 26.3. The van der Waals surface area contributed by atoms with Gasteiger partial charge in [0.15, 0.2) is 0 Å². The van der Waals surface area contributed by atoms with Crippen molar-refractivity contribution in [3.8, 4) is 0 Å². The van der Waals surface area contributed by atoms with Gasteiger partial charge in [-0.3, -0.25) is 10.0 Å². The van der Waals surface area contributed by atoms with Gasteiger partial charge in [0.25, 0.3) is 0 Å². The maximum absolute atomic E-state index is 12.5. The van der Waals surface area contributed by atoms with Crippen LogP contribution in [0, 0.1) is 6.92 Å². The third-order valence-electron chi connectivity index (χ3n) is 2.89. The monoisotopic (exact) mass is 300 g/mol. The highest BCUT2D eigenvalue weighted by atomic mass is 32.2. The number of hydrogen-bond acceptors (Lipinski definition) is 4. The quantitative estimate of drug-likeness (QED) is 0.612. The molecule has 0 saturated carbocycles. The van der Waals surface area contributed by atoms with Gasteiger partial charge in [-0.05, 0) is 32.9 Å². The number of hydroxylamine groups is 1. The van der Waals surface area contributed by atoms with E-state index in [1.807, 2.05) is 6.92 Å². The molecule has 0 saturated heterocycles. The van der Waals surface area contributed by atoms with Crippen LogP contribution >= 0.6 is 0 Å². The standard InChI is InChI=1S/C13H20N2O4S/c1-10(2)15(9-8-13(16)14-17)20(18,19)12-6-4-11(3)5-7-12/h4-7,10,17H,8-9H2,1-3H3,(H,14,16). The molecule has 0 atom stereocenters. The summed E-state index contributed by atoms with van der Waals surface area (Å²) in [7, 11) is -3.65. The Bertz CT molecular complexity index is 552. The number of hydrogen-bond donors (Lipinski definition) is 2. The van der Waals surface area contributed by atoms with Crippen molar-refractivity contribution in [3.63, 3.8) is 0 Å². The Morgan fingerprint density at radius 2 is 1.85 bits per heavy atom. The van der Waals surface area contributed by atoms with Crippen LogP contribution in [0.25, 0.3) is 0 Å². The van der Waals surface area contributed by atoms with Crippen molar-refractivity contribution in [2.24, 2.45) is 0 Å². The maximum Gasteiger partial charge on any atom is 0.244 e. The van der Waals surface area contributed by atoms with Gasteiger partial charge in [0.1, 0.15) is 0 Å². The van der Waals surface area contributed by atoms with Crippen LogP contribution in [-0.4, -0.2) is 36.4 Å². The lowest BCUT2D eigenvalue weighted by Gasteiger charge is -2.25. The van der Waals surface area contributed by atoms with Crippen LogP contribution in [0.15, 0.2) is 29.2 Å². The molecule has 0 aliphatic carbocycles. The van der Waals surface area contributed by atoms with Crippen molar-refractivity contribution >= 4 is 15.9 Å². The molecule has 0 bridgehead atoms. The highest BCUT2D eigenvalue weighted by Gasteiger charge is 2.27. The number of benzene rings is 1. The first-order chi connectivity index (χ1) is 9.28. The molecule has 1 aromatic carbocycles. The van der Waals surface area contributed by atoms with E-state index >= 15 is 0 Å². The summed E-state index contributed by atoms with van der Waals surface area (Å²) in [6, 6.07) is 6.27. The van der Waals surface area contributed by atoms with E-state index in [-0.39, 0.29) is 23.9 Å². The largest absolute Gasteiger partial charge is 0.289 e. The minimum atomic E-state index is -3.65. The fourth-order valence-corrected chi connectivity index (χ4v) is 3.41. The van der Waals surface area contributed by atoms with E-state index in [0.717, 1.165) is 5.56 Å². The van der Waals surface area contributed by atoms with Crippen LogP contribution in [0.1, 0.15) is 25.8 Å².